The van der Waals surface area contributed by atoms with Gasteiger partial charge in [-0.1, -0.05) is 29.5 Å². The van der Waals surface area contributed by atoms with E-state index in [1.54, 1.807) is 13.8 Å². The van der Waals surface area contributed by atoms with E-state index in [1.807, 2.05) is 32.9 Å². The molecule has 136 valence electrons. The number of hydrogen-bond acceptors (Lipinski definition) is 4. The van der Waals surface area contributed by atoms with E-state index in [1.165, 1.54) is 17.9 Å². The number of aryl methyl sites for hydroxylation is 2. The van der Waals surface area contributed by atoms with Crippen LogP contribution in [0.5, 0.6) is 0 Å². The standard InChI is InChI=1S/C19H25NO4S/c1-11(2)9-17(22)25-10-16(21)20(15(6)19(23)24)18-13(4)8-7-12(3)14(18)5/h7-9,15H,10H2,1-6H3,(H,23,24)/t15-/m0/s1. The number of rotatable bonds is 6. The molecule has 0 aliphatic carbocycles. The topological polar surface area (TPSA) is 74.7 Å². The third kappa shape index (κ3) is 5.46. The van der Waals surface area contributed by atoms with Crippen molar-refractivity contribution in [2.24, 2.45) is 0 Å². The Morgan fingerprint density at radius 1 is 1.16 bits per heavy atom. The Morgan fingerprint density at radius 2 is 1.72 bits per heavy atom. The summed E-state index contributed by atoms with van der Waals surface area (Å²) in [7, 11) is 0. The van der Waals surface area contributed by atoms with Crippen LogP contribution in [-0.2, 0) is 14.4 Å². The van der Waals surface area contributed by atoms with Crippen LogP contribution in [0.1, 0.15) is 37.5 Å². The smallest absolute Gasteiger partial charge is 0.326 e. The number of carboxylic acid groups (broad SMARTS) is 1. The predicted octanol–water partition coefficient (Wildman–Crippen LogP) is 3.64. The van der Waals surface area contributed by atoms with Crippen LogP contribution < -0.4 is 4.90 Å². The molecule has 0 spiro atoms. The highest BCUT2D eigenvalue weighted by Gasteiger charge is 2.29. The lowest BCUT2D eigenvalue weighted by atomic mass is 10.0. The highest BCUT2D eigenvalue weighted by molar-refractivity contribution is 8.14. The van der Waals surface area contributed by atoms with Gasteiger partial charge in [0.15, 0.2) is 0 Å². The summed E-state index contributed by atoms with van der Waals surface area (Å²) in [5, 5.41) is 9.22. The second kappa shape index (κ2) is 8.85. The number of carboxylic acids is 1. The summed E-state index contributed by atoms with van der Waals surface area (Å²) >= 11 is 0.881. The first kappa shape index (κ1) is 21.0. The largest absolute Gasteiger partial charge is 0.480 e. The maximum absolute atomic E-state index is 12.8. The zero-order valence-corrected chi connectivity index (χ0v) is 16.4. The van der Waals surface area contributed by atoms with Gasteiger partial charge in [-0.2, -0.15) is 0 Å². The van der Waals surface area contributed by atoms with Gasteiger partial charge in [0.05, 0.1) is 11.4 Å². The van der Waals surface area contributed by atoms with Crippen LogP contribution in [0, 0.1) is 20.8 Å². The maximum Gasteiger partial charge on any atom is 0.326 e. The molecule has 0 fully saturated rings. The van der Waals surface area contributed by atoms with Gasteiger partial charge in [0.1, 0.15) is 6.04 Å². The average molecular weight is 363 g/mol. The molecule has 25 heavy (non-hydrogen) atoms. The average Bonchev–Trinajstić information content (AvgIpc) is 2.51. The number of hydrogen-bond donors (Lipinski definition) is 1. The summed E-state index contributed by atoms with van der Waals surface area (Å²) in [5.41, 5.74) is 4.12. The zero-order valence-electron chi connectivity index (χ0n) is 15.5. The molecule has 5 nitrogen and oxygen atoms in total. The molecule has 1 amide bonds. The van der Waals surface area contributed by atoms with E-state index >= 15 is 0 Å². The summed E-state index contributed by atoms with van der Waals surface area (Å²) in [6.07, 6.45) is 1.46. The normalized spacial score (nSPS) is 11.6. The van der Waals surface area contributed by atoms with Gasteiger partial charge in [0.25, 0.3) is 0 Å². The minimum absolute atomic E-state index is 0.104. The number of thioether (sulfide) groups is 1. The van der Waals surface area contributed by atoms with Crippen LogP contribution in [0.2, 0.25) is 0 Å². The van der Waals surface area contributed by atoms with Crippen molar-refractivity contribution in [2.45, 2.75) is 47.6 Å². The summed E-state index contributed by atoms with van der Waals surface area (Å²) in [6.45, 7) is 10.7. The molecule has 0 aliphatic heterocycles. The highest BCUT2D eigenvalue weighted by atomic mass is 32.2. The van der Waals surface area contributed by atoms with E-state index in [2.05, 4.69) is 0 Å². The van der Waals surface area contributed by atoms with Gasteiger partial charge in [-0.05, 0) is 64.3 Å². The van der Waals surface area contributed by atoms with Crippen molar-refractivity contribution < 1.29 is 19.5 Å². The van der Waals surface area contributed by atoms with E-state index in [4.69, 9.17) is 0 Å². The number of anilines is 1. The van der Waals surface area contributed by atoms with Crippen LogP contribution in [0.3, 0.4) is 0 Å². The van der Waals surface area contributed by atoms with Gasteiger partial charge in [-0.25, -0.2) is 4.79 Å². The Hall–Kier alpha value is -2.08. The van der Waals surface area contributed by atoms with Gasteiger partial charge in [-0.3, -0.25) is 14.5 Å². The van der Waals surface area contributed by atoms with E-state index in [-0.39, 0.29) is 10.9 Å². The maximum atomic E-state index is 12.8. The van der Waals surface area contributed by atoms with Crippen LogP contribution >= 0.6 is 11.8 Å². The number of carbonyl (C=O) groups is 3. The van der Waals surface area contributed by atoms with Gasteiger partial charge >= 0.3 is 5.97 Å². The molecule has 0 saturated carbocycles. The van der Waals surface area contributed by atoms with Gasteiger partial charge < -0.3 is 5.11 Å². The molecule has 1 rings (SSSR count). The van der Waals surface area contributed by atoms with Crippen LogP contribution in [0.25, 0.3) is 0 Å². The van der Waals surface area contributed by atoms with Gasteiger partial charge in [0.2, 0.25) is 11.0 Å². The molecule has 1 N–H and O–H groups in total. The third-order valence-electron chi connectivity index (χ3n) is 3.90. The molecule has 0 heterocycles. The lowest BCUT2D eigenvalue weighted by Gasteiger charge is -2.30. The molecule has 0 aromatic heterocycles. The van der Waals surface area contributed by atoms with Crippen molar-refractivity contribution >= 4 is 34.4 Å². The summed E-state index contributed by atoms with van der Waals surface area (Å²) in [4.78, 5) is 37.4. The highest BCUT2D eigenvalue weighted by Crippen LogP contribution is 2.30. The van der Waals surface area contributed by atoms with Crippen molar-refractivity contribution in [2.75, 3.05) is 10.7 Å². The van der Waals surface area contributed by atoms with Crippen molar-refractivity contribution in [1.29, 1.82) is 0 Å². The van der Waals surface area contributed by atoms with E-state index < -0.39 is 17.9 Å². The molecule has 0 saturated heterocycles. The minimum atomic E-state index is -1.09. The Kier molecular flexibility index (Phi) is 7.42. The molecule has 0 unspecified atom stereocenters. The fourth-order valence-electron chi connectivity index (χ4n) is 2.43. The Balaban J connectivity index is 3.21. The molecule has 1 atom stereocenters. The summed E-state index contributed by atoms with van der Waals surface area (Å²) < 4.78 is 0. The van der Waals surface area contributed by atoms with Crippen LogP contribution in [0.15, 0.2) is 23.8 Å². The monoisotopic (exact) mass is 363 g/mol. The van der Waals surface area contributed by atoms with Gasteiger partial charge in [0, 0.05) is 0 Å². The van der Waals surface area contributed by atoms with Crippen LogP contribution in [0.4, 0.5) is 5.69 Å². The molecule has 1 aromatic rings. The van der Waals surface area contributed by atoms with Crippen molar-refractivity contribution in [3.05, 3.63) is 40.5 Å². The molecule has 1 aromatic carbocycles. The fourth-order valence-corrected chi connectivity index (χ4v) is 3.16. The molecule has 0 radical (unpaired) electrons. The summed E-state index contributed by atoms with van der Waals surface area (Å²) in [6, 6.07) is 2.79. The van der Waals surface area contributed by atoms with Crippen molar-refractivity contribution in [3.8, 4) is 0 Å². The molecule has 0 aliphatic rings. The number of carbonyl (C=O) groups excluding carboxylic acids is 2. The lowest BCUT2D eigenvalue weighted by Crippen LogP contribution is -2.45. The molecule has 6 heteroatoms. The first-order chi connectivity index (χ1) is 11.6. The molecule has 0 bridgehead atoms. The van der Waals surface area contributed by atoms with Crippen LogP contribution in [-0.4, -0.2) is 33.9 Å². The first-order valence-electron chi connectivity index (χ1n) is 7.99. The molecular weight excluding hydrogens is 338 g/mol. The van der Waals surface area contributed by atoms with E-state index in [0.29, 0.717) is 5.69 Å². The number of amides is 1. The van der Waals surface area contributed by atoms with Crippen molar-refractivity contribution in [3.63, 3.8) is 0 Å². The number of benzene rings is 1. The predicted molar refractivity (Wildman–Crippen MR) is 102 cm³/mol. The van der Waals surface area contributed by atoms with E-state index in [0.717, 1.165) is 34.0 Å². The Bertz CT molecular complexity index is 720. The van der Waals surface area contributed by atoms with Gasteiger partial charge in [-0.15, -0.1) is 0 Å². The van der Waals surface area contributed by atoms with E-state index in [9.17, 15) is 19.5 Å². The number of aliphatic carboxylic acids is 1. The van der Waals surface area contributed by atoms with Crippen molar-refractivity contribution in [1.82, 2.24) is 0 Å². The number of nitrogens with zero attached hydrogens (tertiary/aromatic N) is 1. The quantitative estimate of drug-likeness (QED) is 0.781. The Morgan fingerprint density at radius 3 is 2.24 bits per heavy atom. The first-order valence-corrected chi connectivity index (χ1v) is 8.98. The third-order valence-corrected chi connectivity index (χ3v) is 4.70. The minimum Gasteiger partial charge on any atom is -0.480 e. The lowest BCUT2D eigenvalue weighted by molar-refractivity contribution is -0.139. The second-order valence-electron chi connectivity index (χ2n) is 6.28. The Labute approximate surface area is 153 Å². The summed E-state index contributed by atoms with van der Waals surface area (Å²) in [5.74, 6) is -1.59. The zero-order chi connectivity index (χ0) is 19.3. The number of allylic oxidation sites excluding steroid dienone is 1. The molecular formula is C19H25NO4S. The fraction of sp³-hybridized carbons (Fsp3) is 0.421. The SMILES string of the molecule is CC(C)=CC(=O)SCC(=O)N(c1c(C)ccc(C)c1C)[C@@H](C)C(=O)O. The second-order valence-corrected chi connectivity index (χ2v) is 7.26.